The predicted molar refractivity (Wildman–Crippen MR) is 96.3 cm³/mol. The van der Waals surface area contributed by atoms with Crippen LogP contribution in [0.2, 0.25) is 0 Å². The lowest BCUT2D eigenvalue weighted by atomic mass is 10.1. The van der Waals surface area contributed by atoms with E-state index in [-0.39, 0.29) is 5.91 Å². The molecular formula is C20H25NO3. The molecule has 0 N–H and O–H groups in total. The number of anilines is 1. The average molecular weight is 327 g/mol. The zero-order chi connectivity index (χ0) is 17.0. The van der Waals surface area contributed by atoms with Gasteiger partial charge in [-0.05, 0) is 24.1 Å². The number of hydrogen-bond acceptors (Lipinski definition) is 3. The number of rotatable bonds is 10. The molecule has 2 aromatic carbocycles. The van der Waals surface area contributed by atoms with E-state index in [2.05, 4.69) is 12.1 Å². The van der Waals surface area contributed by atoms with E-state index < -0.39 is 0 Å². The smallest absolute Gasteiger partial charge is 0.229 e. The number of carbonyl (C=O) groups excluding carboxylic acids is 1. The standard InChI is InChI=1S/C20H25NO3/c1-23-16-17-24-15-13-20(22)21(19-10-6-3-7-11-19)14-12-18-8-4-2-5-9-18/h2-11H,12-17H2,1H3. The first-order valence-electron chi connectivity index (χ1n) is 8.27. The molecule has 0 fully saturated rings. The molecule has 128 valence electrons. The van der Waals surface area contributed by atoms with E-state index in [0.29, 0.717) is 32.8 Å². The summed E-state index contributed by atoms with van der Waals surface area (Å²) in [5, 5.41) is 0. The fraction of sp³-hybridized carbons (Fsp3) is 0.350. The molecule has 0 aliphatic carbocycles. The van der Waals surface area contributed by atoms with Crippen molar-refractivity contribution in [3.63, 3.8) is 0 Å². The second-order valence-corrected chi connectivity index (χ2v) is 5.47. The summed E-state index contributed by atoms with van der Waals surface area (Å²) in [6, 6.07) is 20.0. The molecule has 4 heteroatoms. The van der Waals surface area contributed by atoms with Gasteiger partial charge in [0.1, 0.15) is 0 Å². The summed E-state index contributed by atoms with van der Waals surface area (Å²) >= 11 is 0. The predicted octanol–water partition coefficient (Wildman–Crippen LogP) is 3.32. The van der Waals surface area contributed by atoms with Crippen LogP contribution in [0.5, 0.6) is 0 Å². The molecule has 0 aromatic heterocycles. The number of benzene rings is 2. The Balaban J connectivity index is 1.94. The summed E-state index contributed by atoms with van der Waals surface area (Å²) in [6.07, 6.45) is 1.19. The Morgan fingerprint density at radius 1 is 0.917 bits per heavy atom. The highest BCUT2D eigenvalue weighted by Gasteiger charge is 2.15. The summed E-state index contributed by atoms with van der Waals surface area (Å²) < 4.78 is 10.4. The van der Waals surface area contributed by atoms with Gasteiger partial charge < -0.3 is 14.4 Å². The Morgan fingerprint density at radius 3 is 2.25 bits per heavy atom. The maximum atomic E-state index is 12.6. The zero-order valence-electron chi connectivity index (χ0n) is 14.2. The molecule has 0 unspecified atom stereocenters. The minimum atomic E-state index is 0.0783. The Morgan fingerprint density at radius 2 is 1.58 bits per heavy atom. The molecule has 0 radical (unpaired) electrons. The molecule has 2 aromatic rings. The highest BCUT2D eigenvalue weighted by atomic mass is 16.5. The molecule has 0 atom stereocenters. The zero-order valence-corrected chi connectivity index (χ0v) is 14.2. The van der Waals surface area contributed by atoms with Crippen LogP contribution in [0.4, 0.5) is 5.69 Å². The summed E-state index contributed by atoms with van der Waals surface area (Å²) in [5.74, 6) is 0.0783. The van der Waals surface area contributed by atoms with Gasteiger partial charge in [0.2, 0.25) is 5.91 Å². The molecule has 2 rings (SSSR count). The highest BCUT2D eigenvalue weighted by Crippen LogP contribution is 2.15. The van der Waals surface area contributed by atoms with E-state index in [0.717, 1.165) is 12.1 Å². The molecule has 1 amide bonds. The van der Waals surface area contributed by atoms with Gasteiger partial charge in [-0.1, -0.05) is 48.5 Å². The van der Waals surface area contributed by atoms with E-state index in [4.69, 9.17) is 9.47 Å². The van der Waals surface area contributed by atoms with Crippen LogP contribution in [0.25, 0.3) is 0 Å². The van der Waals surface area contributed by atoms with Crippen molar-refractivity contribution in [2.24, 2.45) is 0 Å². The van der Waals surface area contributed by atoms with E-state index >= 15 is 0 Å². The minimum Gasteiger partial charge on any atom is -0.382 e. The number of methoxy groups -OCH3 is 1. The van der Waals surface area contributed by atoms with Gasteiger partial charge in [0.05, 0.1) is 26.2 Å². The van der Waals surface area contributed by atoms with Crippen LogP contribution in [0.15, 0.2) is 60.7 Å². The van der Waals surface area contributed by atoms with Gasteiger partial charge in [-0.2, -0.15) is 0 Å². The fourth-order valence-corrected chi connectivity index (χ4v) is 2.43. The van der Waals surface area contributed by atoms with Crippen molar-refractivity contribution in [1.82, 2.24) is 0 Å². The quantitative estimate of drug-likeness (QED) is 0.628. The third-order valence-corrected chi connectivity index (χ3v) is 3.73. The lowest BCUT2D eigenvalue weighted by molar-refractivity contribution is -0.119. The number of carbonyl (C=O) groups is 1. The maximum absolute atomic E-state index is 12.6. The third kappa shape index (κ3) is 6.14. The molecule has 0 aliphatic heterocycles. The molecule has 0 heterocycles. The van der Waals surface area contributed by atoms with E-state index in [1.165, 1.54) is 5.56 Å². The van der Waals surface area contributed by atoms with Gasteiger partial charge in [-0.25, -0.2) is 0 Å². The number of nitrogens with zero attached hydrogens (tertiary/aromatic N) is 1. The number of hydrogen-bond donors (Lipinski definition) is 0. The Bertz CT molecular complexity index is 586. The molecular weight excluding hydrogens is 302 g/mol. The van der Waals surface area contributed by atoms with Crippen molar-refractivity contribution in [3.05, 3.63) is 66.2 Å². The average Bonchev–Trinajstić information content (AvgIpc) is 2.63. The van der Waals surface area contributed by atoms with Crippen LogP contribution in [-0.4, -0.2) is 39.4 Å². The second-order valence-electron chi connectivity index (χ2n) is 5.47. The molecule has 4 nitrogen and oxygen atoms in total. The monoisotopic (exact) mass is 327 g/mol. The Kier molecular flexibility index (Phi) is 8.01. The lowest BCUT2D eigenvalue weighted by Gasteiger charge is -2.23. The van der Waals surface area contributed by atoms with Crippen LogP contribution < -0.4 is 4.90 Å². The summed E-state index contributed by atoms with van der Waals surface area (Å²) in [7, 11) is 1.63. The molecule has 0 aliphatic rings. The van der Waals surface area contributed by atoms with E-state index in [9.17, 15) is 4.79 Å². The fourth-order valence-electron chi connectivity index (χ4n) is 2.43. The lowest BCUT2D eigenvalue weighted by Crippen LogP contribution is -2.33. The Labute approximate surface area is 144 Å². The first-order valence-corrected chi connectivity index (χ1v) is 8.27. The van der Waals surface area contributed by atoms with Crippen molar-refractivity contribution < 1.29 is 14.3 Å². The molecule has 0 saturated heterocycles. The van der Waals surface area contributed by atoms with Gasteiger partial charge >= 0.3 is 0 Å². The van der Waals surface area contributed by atoms with Gasteiger partial charge in [0.15, 0.2) is 0 Å². The summed E-state index contributed by atoms with van der Waals surface area (Å²) in [4.78, 5) is 14.5. The van der Waals surface area contributed by atoms with Crippen LogP contribution in [-0.2, 0) is 20.7 Å². The number of para-hydroxylation sites is 1. The highest BCUT2D eigenvalue weighted by molar-refractivity contribution is 5.93. The molecule has 0 saturated carbocycles. The topological polar surface area (TPSA) is 38.8 Å². The third-order valence-electron chi connectivity index (χ3n) is 3.73. The molecule has 0 spiro atoms. The van der Waals surface area contributed by atoms with Crippen LogP contribution in [0, 0.1) is 0 Å². The maximum Gasteiger partial charge on any atom is 0.229 e. The van der Waals surface area contributed by atoms with Gasteiger partial charge in [0.25, 0.3) is 0 Å². The SMILES string of the molecule is COCCOCCC(=O)N(CCc1ccccc1)c1ccccc1. The van der Waals surface area contributed by atoms with Crippen LogP contribution in [0.3, 0.4) is 0 Å². The molecule has 24 heavy (non-hydrogen) atoms. The van der Waals surface area contributed by atoms with Gasteiger partial charge in [-0.3, -0.25) is 4.79 Å². The van der Waals surface area contributed by atoms with Crippen molar-refractivity contribution in [1.29, 1.82) is 0 Å². The van der Waals surface area contributed by atoms with E-state index in [1.54, 1.807) is 7.11 Å². The van der Waals surface area contributed by atoms with Crippen LogP contribution >= 0.6 is 0 Å². The van der Waals surface area contributed by atoms with E-state index in [1.807, 2.05) is 53.4 Å². The summed E-state index contributed by atoms with van der Waals surface area (Å²) in [5.41, 5.74) is 2.15. The van der Waals surface area contributed by atoms with Gasteiger partial charge in [0, 0.05) is 19.3 Å². The molecule has 0 bridgehead atoms. The number of amides is 1. The van der Waals surface area contributed by atoms with Crippen molar-refractivity contribution in [2.75, 3.05) is 38.4 Å². The first-order chi connectivity index (χ1) is 11.8. The van der Waals surface area contributed by atoms with Gasteiger partial charge in [-0.15, -0.1) is 0 Å². The Hall–Kier alpha value is -2.17. The van der Waals surface area contributed by atoms with Crippen LogP contribution in [0.1, 0.15) is 12.0 Å². The largest absolute Gasteiger partial charge is 0.382 e. The van der Waals surface area contributed by atoms with Crippen molar-refractivity contribution in [3.8, 4) is 0 Å². The van der Waals surface area contributed by atoms with Crippen molar-refractivity contribution >= 4 is 11.6 Å². The van der Waals surface area contributed by atoms with Crippen molar-refractivity contribution in [2.45, 2.75) is 12.8 Å². The first kappa shape index (κ1) is 18.2. The normalized spacial score (nSPS) is 10.5. The minimum absolute atomic E-state index is 0.0783. The summed E-state index contributed by atoms with van der Waals surface area (Å²) in [6.45, 7) is 2.13. The second kappa shape index (κ2) is 10.6. The number of ether oxygens (including phenoxy) is 2.